The van der Waals surface area contributed by atoms with E-state index in [1.54, 1.807) is 0 Å². The van der Waals surface area contributed by atoms with Crippen LogP contribution in [0.4, 0.5) is 0 Å². The van der Waals surface area contributed by atoms with Crippen LogP contribution in [0, 0.1) is 0 Å². The van der Waals surface area contributed by atoms with Crippen LogP contribution in [0.15, 0.2) is 40.9 Å². The summed E-state index contributed by atoms with van der Waals surface area (Å²) in [7, 11) is 0. The molecule has 1 aromatic carbocycles. The van der Waals surface area contributed by atoms with E-state index >= 15 is 0 Å². The molecule has 0 saturated heterocycles. The molecule has 0 spiro atoms. The number of hydrogen-bond donors (Lipinski definition) is 1. The molecule has 0 aliphatic heterocycles. The smallest absolute Gasteiger partial charge is 0.229 e. The van der Waals surface area contributed by atoms with E-state index in [4.69, 9.17) is 10.3 Å². The maximum absolute atomic E-state index is 11.4. The molecule has 0 atom stereocenters. The van der Waals surface area contributed by atoms with Gasteiger partial charge in [0.1, 0.15) is 0 Å². The highest BCUT2D eigenvalue weighted by Crippen LogP contribution is 2.48. The molecule has 1 aliphatic rings. The van der Waals surface area contributed by atoms with Gasteiger partial charge in [0.15, 0.2) is 5.76 Å². The van der Waals surface area contributed by atoms with Crippen LogP contribution in [-0.4, -0.2) is 11.1 Å². The molecule has 0 unspecified atom stereocenters. The lowest BCUT2D eigenvalue weighted by molar-refractivity contribution is -0.120. The van der Waals surface area contributed by atoms with Crippen molar-refractivity contribution in [2.45, 2.75) is 18.3 Å². The summed E-state index contributed by atoms with van der Waals surface area (Å²) in [4.78, 5) is 11.4. The van der Waals surface area contributed by atoms with Crippen LogP contribution >= 0.6 is 0 Å². The molecule has 1 heterocycles. The molecule has 1 amide bonds. The average Bonchev–Trinajstić information content (AvgIpc) is 3.02. The molecule has 0 bridgehead atoms. The Balaban J connectivity index is 1.97. The molecule has 17 heavy (non-hydrogen) atoms. The van der Waals surface area contributed by atoms with Crippen LogP contribution < -0.4 is 5.73 Å². The fourth-order valence-corrected chi connectivity index (χ4v) is 1.99. The van der Waals surface area contributed by atoms with Crippen molar-refractivity contribution in [1.29, 1.82) is 0 Å². The Morgan fingerprint density at radius 1 is 1.29 bits per heavy atom. The summed E-state index contributed by atoms with van der Waals surface area (Å²) in [6, 6.07) is 11.5. The van der Waals surface area contributed by atoms with Crippen LogP contribution in [0.3, 0.4) is 0 Å². The fourth-order valence-electron chi connectivity index (χ4n) is 1.99. The second-order valence-corrected chi connectivity index (χ2v) is 4.39. The van der Waals surface area contributed by atoms with Crippen molar-refractivity contribution in [2.75, 3.05) is 0 Å². The largest absolute Gasteiger partial charge is 0.369 e. The molecule has 1 saturated carbocycles. The number of carbonyl (C=O) groups is 1. The molecular weight excluding hydrogens is 216 g/mol. The first-order valence-electron chi connectivity index (χ1n) is 5.55. The van der Waals surface area contributed by atoms with E-state index in [0.717, 1.165) is 18.4 Å². The van der Waals surface area contributed by atoms with Gasteiger partial charge in [-0.3, -0.25) is 4.79 Å². The molecule has 1 aromatic heterocycles. The zero-order chi connectivity index (χ0) is 11.9. The molecule has 1 fully saturated rings. The number of benzene rings is 1. The number of amides is 1. The standard InChI is InChI=1S/C13H12N2O2/c14-12(16)13(6-7-13)11-8-10(17-15-11)9-4-2-1-3-5-9/h1-5,8H,6-7H2,(H2,14,16). The van der Waals surface area contributed by atoms with Crippen molar-refractivity contribution >= 4 is 5.91 Å². The van der Waals surface area contributed by atoms with E-state index in [1.807, 2.05) is 36.4 Å². The van der Waals surface area contributed by atoms with Gasteiger partial charge in [0, 0.05) is 11.6 Å². The van der Waals surface area contributed by atoms with E-state index < -0.39 is 5.41 Å². The zero-order valence-corrected chi connectivity index (χ0v) is 9.22. The summed E-state index contributed by atoms with van der Waals surface area (Å²) in [5.41, 5.74) is 6.43. The predicted octanol–water partition coefficient (Wildman–Crippen LogP) is 1.86. The number of nitrogens with two attached hydrogens (primary N) is 1. The number of rotatable bonds is 3. The average molecular weight is 228 g/mol. The van der Waals surface area contributed by atoms with Gasteiger partial charge in [-0.05, 0) is 12.8 Å². The molecule has 86 valence electrons. The van der Waals surface area contributed by atoms with Crippen LogP contribution in [0.2, 0.25) is 0 Å². The minimum Gasteiger partial charge on any atom is -0.369 e. The van der Waals surface area contributed by atoms with E-state index in [0.29, 0.717) is 11.5 Å². The van der Waals surface area contributed by atoms with E-state index in [9.17, 15) is 4.79 Å². The molecule has 4 nitrogen and oxygen atoms in total. The summed E-state index contributed by atoms with van der Waals surface area (Å²) in [5, 5.41) is 3.97. The predicted molar refractivity (Wildman–Crippen MR) is 62.0 cm³/mol. The Hall–Kier alpha value is -2.10. The lowest BCUT2D eigenvalue weighted by Gasteiger charge is -2.03. The van der Waals surface area contributed by atoms with Crippen molar-refractivity contribution in [2.24, 2.45) is 5.73 Å². The summed E-state index contributed by atoms with van der Waals surface area (Å²) in [5.74, 6) is 0.360. The second kappa shape index (κ2) is 3.45. The van der Waals surface area contributed by atoms with Crippen molar-refractivity contribution in [3.63, 3.8) is 0 Å². The molecule has 3 rings (SSSR count). The SMILES string of the molecule is NC(=O)C1(c2cc(-c3ccccc3)on2)CC1. The highest BCUT2D eigenvalue weighted by atomic mass is 16.5. The molecular formula is C13H12N2O2. The highest BCUT2D eigenvalue weighted by molar-refractivity contribution is 5.89. The Bertz CT molecular complexity index is 556. The van der Waals surface area contributed by atoms with Gasteiger partial charge in [0.05, 0.1) is 11.1 Å². The fraction of sp³-hybridized carbons (Fsp3) is 0.231. The third-order valence-corrected chi connectivity index (χ3v) is 3.28. The molecule has 4 heteroatoms. The Morgan fingerprint density at radius 3 is 2.59 bits per heavy atom. The van der Waals surface area contributed by atoms with E-state index in [-0.39, 0.29) is 5.91 Å². The van der Waals surface area contributed by atoms with Crippen LogP contribution in [-0.2, 0) is 10.2 Å². The van der Waals surface area contributed by atoms with Gasteiger partial charge >= 0.3 is 0 Å². The van der Waals surface area contributed by atoms with Gasteiger partial charge in [0.25, 0.3) is 0 Å². The van der Waals surface area contributed by atoms with Crippen LogP contribution in [0.25, 0.3) is 11.3 Å². The maximum atomic E-state index is 11.4. The maximum Gasteiger partial charge on any atom is 0.229 e. The summed E-state index contributed by atoms with van der Waals surface area (Å²) in [6.07, 6.45) is 1.53. The number of primary amides is 1. The van der Waals surface area contributed by atoms with E-state index in [1.165, 1.54) is 0 Å². The molecule has 1 aliphatic carbocycles. The normalized spacial score (nSPS) is 16.7. The highest BCUT2D eigenvalue weighted by Gasteiger charge is 2.52. The van der Waals surface area contributed by atoms with Gasteiger partial charge < -0.3 is 10.3 Å². The summed E-state index contributed by atoms with van der Waals surface area (Å²) >= 11 is 0. The summed E-state index contributed by atoms with van der Waals surface area (Å²) < 4.78 is 5.27. The molecule has 2 aromatic rings. The van der Waals surface area contributed by atoms with Crippen molar-refractivity contribution in [1.82, 2.24) is 5.16 Å². The Kier molecular flexibility index (Phi) is 2.04. The third kappa shape index (κ3) is 1.53. The second-order valence-electron chi connectivity index (χ2n) is 4.39. The lowest BCUT2D eigenvalue weighted by atomic mass is 10.0. The van der Waals surface area contributed by atoms with Gasteiger partial charge in [0.2, 0.25) is 5.91 Å². The Labute approximate surface area is 98.4 Å². The van der Waals surface area contributed by atoms with Gasteiger partial charge in [-0.15, -0.1) is 0 Å². The van der Waals surface area contributed by atoms with Crippen molar-refractivity contribution in [3.05, 3.63) is 42.1 Å². The lowest BCUT2D eigenvalue weighted by Crippen LogP contribution is -2.28. The first-order valence-corrected chi connectivity index (χ1v) is 5.55. The first kappa shape index (κ1) is 10.1. The van der Waals surface area contributed by atoms with Crippen molar-refractivity contribution in [3.8, 4) is 11.3 Å². The van der Waals surface area contributed by atoms with Gasteiger partial charge in [-0.25, -0.2) is 0 Å². The van der Waals surface area contributed by atoms with Crippen LogP contribution in [0.5, 0.6) is 0 Å². The molecule has 2 N–H and O–H groups in total. The minimum absolute atomic E-state index is 0.314. The van der Waals surface area contributed by atoms with E-state index in [2.05, 4.69) is 5.16 Å². The van der Waals surface area contributed by atoms with Crippen LogP contribution in [0.1, 0.15) is 18.5 Å². The number of hydrogen-bond acceptors (Lipinski definition) is 3. The van der Waals surface area contributed by atoms with Gasteiger partial charge in [-0.1, -0.05) is 35.5 Å². The minimum atomic E-state index is -0.573. The van der Waals surface area contributed by atoms with Gasteiger partial charge in [-0.2, -0.15) is 0 Å². The monoisotopic (exact) mass is 228 g/mol. The topological polar surface area (TPSA) is 69.1 Å². The Morgan fingerprint density at radius 2 is 2.00 bits per heavy atom. The summed E-state index contributed by atoms with van der Waals surface area (Å²) in [6.45, 7) is 0. The number of aromatic nitrogens is 1. The van der Waals surface area contributed by atoms with Crippen molar-refractivity contribution < 1.29 is 9.32 Å². The number of nitrogens with zero attached hydrogens (tertiary/aromatic N) is 1. The zero-order valence-electron chi connectivity index (χ0n) is 9.22. The third-order valence-electron chi connectivity index (χ3n) is 3.28. The quantitative estimate of drug-likeness (QED) is 0.871. The number of carbonyl (C=O) groups excluding carboxylic acids is 1. The molecule has 0 radical (unpaired) electrons. The first-order chi connectivity index (χ1) is 8.22.